The number of carbonyl (C=O) groups excluding carboxylic acids is 2. The number of carbonyl (C=O) groups is 2. The highest BCUT2D eigenvalue weighted by atomic mass is 19.1. The number of aromatic nitrogens is 1. The van der Waals surface area contributed by atoms with Crippen LogP contribution in [0.1, 0.15) is 30.1 Å². The normalized spacial score (nSPS) is 10.1. The van der Waals surface area contributed by atoms with Gasteiger partial charge in [-0.1, -0.05) is 13.3 Å². The van der Waals surface area contributed by atoms with Gasteiger partial charge >= 0.3 is 0 Å². The largest absolute Gasteiger partial charge is 0.368 e. The molecule has 0 aliphatic rings. The number of amides is 2. The molecule has 0 bridgehead atoms. The van der Waals surface area contributed by atoms with E-state index in [0.29, 0.717) is 6.54 Å². The third kappa shape index (κ3) is 4.12. The quantitative estimate of drug-likeness (QED) is 0.767. The average molecular weight is 253 g/mol. The fourth-order valence-corrected chi connectivity index (χ4v) is 1.51. The molecule has 98 valence electrons. The van der Waals surface area contributed by atoms with Gasteiger partial charge in [0.25, 0.3) is 5.91 Å². The van der Waals surface area contributed by atoms with Gasteiger partial charge in [0, 0.05) is 24.4 Å². The maximum absolute atomic E-state index is 12.9. The van der Waals surface area contributed by atoms with Gasteiger partial charge in [-0.3, -0.25) is 9.59 Å². The van der Waals surface area contributed by atoms with Crippen molar-refractivity contribution < 1.29 is 14.0 Å². The molecular formula is C12H16FN3O2. The zero-order chi connectivity index (χ0) is 13.5. The average Bonchev–Trinajstić information content (AvgIpc) is 2.33. The summed E-state index contributed by atoms with van der Waals surface area (Å²) in [4.78, 5) is 27.7. The van der Waals surface area contributed by atoms with E-state index in [0.717, 1.165) is 18.9 Å². The summed E-state index contributed by atoms with van der Waals surface area (Å²) in [5.74, 6) is -1.73. The molecule has 0 fully saturated rings. The van der Waals surface area contributed by atoms with E-state index in [4.69, 9.17) is 5.73 Å². The lowest BCUT2D eigenvalue weighted by atomic mass is 10.2. The number of nitrogens with zero attached hydrogens (tertiary/aromatic N) is 2. The SMILES string of the molecule is CCCCN(CC(N)=O)C(=O)c1ccnc(F)c1. The first-order valence-corrected chi connectivity index (χ1v) is 5.73. The van der Waals surface area contributed by atoms with Gasteiger partial charge in [0.1, 0.15) is 0 Å². The van der Waals surface area contributed by atoms with Gasteiger partial charge in [-0.05, 0) is 12.5 Å². The molecule has 6 heteroatoms. The van der Waals surface area contributed by atoms with Crippen molar-refractivity contribution in [3.05, 3.63) is 29.8 Å². The van der Waals surface area contributed by atoms with Gasteiger partial charge in [0.2, 0.25) is 11.9 Å². The van der Waals surface area contributed by atoms with E-state index in [1.54, 1.807) is 0 Å². The van der Waals surface area contributed by atoms with Gasteiger partial charge in [-0.2, -0.15) is 4.39 Å². The molecule has 2 N–H and O–H groups in total. The van der Waals surface area contributed by atoms with E-state index in [1.807, 2.05) is 6.92 Å². The molecule has 1 rings (SSSR count). The minimum Gasteiger partial charge on any atom is -0.368 e. The molecule has 0 radical (unpaired) electrons. The molecule has 0 aliphatic heterocycles. The number of hydrogen-bond donors (Lipinski definition) is 1. The Morgan fingerprint density at radius 3 is 2.78 bits per heavy atom. The molecule has 1 aromatic heterocycles. The molecular weight excluding hydrogens is 237 g/mol. The van der Waals surface area contributed by atoms with E-state index in [1.165, 1.54) is 17.2 Å². The molecule has 18 heavy (non-hydrogen) atoms. The van der Waals surface area contributed by atoms with Crippen LogP contribution in [0, 0.1) is 5.95 Å². The van der Waals surface area contributed by atoms with Crippen LogP contribution in [0.4, 0.5) is 4.39 Å². The molecule has 0 atom stereocenters. The first-order valence-electron chi connectivity index (χ1n) is 5.73. The second kappa shape index (κ2) is 6.68. The van der Waals surface area contributed by atoms with Crippen LogP contribution >= 0.6 is 0 Å². The van der Waals surface area contributed by atoms with E-state index < -0.39 is 17.8 Å². The van der Waals surface area contributed by atoms with Crippen LogP contribution in [-0.4, -0.2) is 34.8 Å². The number of hydrogen-bond acceptors (Lipinski definition) is 3. The van der Waals surface area contributed by atoms with Crippen molar-refractivity contribution in [3.63, 3.8) is 0 Å². The predicted molar refractivity (Wildman–Crippen MR) is 64.2 cm³/mol. The van der Waals surface area contributed by atoms with E-state index in [9.17, 15) is 14.0 Å². The fourth-order valence-electron chi connectivity index (χ4n) is 1.51. The lowest BCUT2D eigenvalue weighted by Crippen LogP contribution is -2.39. The van der Waals surface area contributed by atoms with Crippen molar-refractivity contribution in [1.82, 2.24) is 9.88 Å². The maximum Gasteiger partial charge on any atom is 0.254 e. The van der Waals surface area contributed by atoms with Gasteiger partial charge in [-0.25, -0.2) is 4.98 Å². The van der Waals surface area contributed by atoms with Crippen LogP contribution in [0.2, 0.25) is 0 Å². The zero-order valence-electron chi connectivity index (χ0n) is 10.2. The lowest BCUT2D eigenvalue weighted by Gasteiger charge is -2.20. The summed E-state index contributed by atoms with van der Waals surface area (Å²) in [6.45, 7) is 2.23. The Morgan fingerprint density at radius 1 is 1.50 bits per heavy atom. The maximum atomic E-state index is 12.9. The Balaban J connectivity index is 2.83. The number of unbranched alkanes of at least 4 members (excludes halogenated alkanes) is 1. The standard InChI is InChI=1S/C12H16FN3O2/c1-2-3-6-16(8-11(14)17)12(18)9-4-5-15-10(13)7-9/h4-5,7H,2-3,6,8H2,1H3,(H2,14,17). The third-order valence-electron chi connectivity index (χ3n) is 2.39. The highest BCUT2D eigenvalue weighted by Gasteiger charge is 2.17. The van der Waals surface area contributed by atoms with Crippen LogP contribution in [0.15, 0.2) is 18.3 Å². The topological polar surface area (TPSA) is 76.3 Å². The molecule has 5 nitrogen and oxygen atoms in total. The first kappa shape index (κ1) is 14.1. The third-order valence-corrected chi connectivity index (χ3v) is 2.39. The number of primary amides is 1. The summed E-state index contributed by atoms with van der Waals surface area (Å²) in [5.41, 5.74) is 5.26. The number of halogens is 1. The molecule has 0 saturated carbocycles. The van der Waals surface area contributed by atoms with Crippen LogP contribution in [0.3, 0.4) is 0 Å². The minimum atomic E-state index is -0.727. The second-order valence-corrected chi connectivity index (χ2v) is 3.91. The van der Waals surface area contributed by atoms with Crippen molar-refractivity contribution in [2.75, 3.05) is 13.1 Å². The summed E-state index contributed by atoms with van der Waals surface area (Å²) >= 11 is 0. The van der Waals surface area contributed by atoms with E-state index >= 15 is 0 Å². The van der Waals surface area contributed by atoms with Gasteiger partial charge in [-0.15, -0.1) is 0 Å². The summed E-state index contributed by atoms with van der Waals surface area (Å²) in [6, 6.07) is 2.45. The highest BCUT2D eigenvalue weighted by molar-refractivity contribution is 5.96. The molecule has 0 aliphatic carbocycles. The van der Waals surface area contributed by atoms with Gasteiger partial charge in [0.05, 0.1) is 6.54 Å². The predicted octanol–water partition coefficient (Wildman–Crippen LogP) is 0.948. The Kier molecular flexibility index (Phi) is 5.23. The molecule has 0 aromatic carbocycles. The Hall–Kier alpha value is -1.98. The van der Waals surface area contributed by atoms with Crippen molar-refractivity contribution >= 4 is 11.8 Å². The van der Waals surface area contributed by atoms with Gasteiger partial charge in [0.15, 0.2) is 0 Å². The summed E-state index contributed by atoms with van der Waals surface area (Å²) in [7, 11) is 0. The van der Waals surface area contributed by atoms with Gasteiger partial charge < -0.3 is 10.6 Å². The fraction of sp³-hybridized carbons (Fsp3) is 0.417. The van der Waals surface area contributed by atoms with Crippen molar-refractivity contribution in [1.29, 1.82) is 0 Å². The van der Waals surface area contributed by atoms with Crippen molar-refractivity contribution in [2.24, 2.45) is 5.73 Å². The number of nitrogens with two attached hydrogens (primary N) is 1. The molecule has 1 aromatic rings. The zero-order valence-corrected chi connectivity index (χ0v) is 10.2. The van der Waals surface area contributed by atoms with Crippen LogP contribution in [0.5, 0.6) is 0 Å². The molecule has 1 heterocycles. The molecule has 0 unspecified atom stereocenters. The summed E-state index contributed by atoms with van der Waals surface area (Å²) in [6.07, 6.45) is 2.85. The summed E-state index contributed by atoms with van der Waals surface area (Å²) in [5, 5.41) is 0. The summed E-state index contributed by atoms with van der Waals surface area (Å²) < 4.78 is 12.9. The number of rotatable bonds is 6. The van der Waals surface area contributed by atoms with Crippen molar-refractivity contribution in [2.45, 2.75) is 19.8 Å². The lowest BCUT2D eigenvalue weighted by molar-refractivity contribution is -0.118. The van der Waals surface area contributed by atoms with E-state index in [2.05, 4.69) is 4.98 Å². The molecule has 0 spiro atoms. The van der Waals surface area contributed by atoms with Crippen molar-refractivity contribution in [3.8, 4) is 0 Å². The first-order chi connectivity index (χ1) is 8.54. The van der Waals surface area contributed by atoms with Crippen LogP contribution < -0.4 is 5.73 Å². The Bertz CT molecular complexity index is 437. The minimum absolute atomic E-state index is 0.164. The monoisotopic (exact) mass is 253 g/mol. The van der Waals surface area contributed by atoms with Crippen LogP contribution in [0.25, 0.3) is 0 Å². The molecule has 0 saturated heterocycles. The molecule has 2 amide bonds. The second-order valence-electron chi connectivity index (χ2n) is 3.91. The van der Waals surface area contributed by atoms with Crippen LogP contribution in [-0.2, 0) is 4.79 Å². The smallest absolute Gasteiger partial charge is 0.254 e. The van der Waals surface area contributed by atoms with E-state index in [-0.39, 0.29) is 12.1 Å². The highest BCUT2D eigenvalue weighted by Crippen LogP contribution is 2.07. The Labute approximate surface area is 105 Å². The number of pyridine rings is 1. The Morgan fingerprint density at radius 2 is 2.22 bits per heavy atom.